The molecule has 1 unspecified atom stereocenters. The molecule has 0 saturated heterocycles. The van der Waals surface area contributed by atoms with Crippen LogP contribution in [0.1, 0.15) is 19.4 Å². The zero-order valence-electron chi connectivity index (χ0n) is 15.2. The maximum atomic E-state index is 14.0. The number of benzene rings is 2. The molecule has 2 amide bonds. The minimum Gasteiger partial charge on any atom is -0.484 e. The highest BCUT2D eigenvalue weighted by Gasteiger charge is 2.26. The highest BCUT2D eigenvalue weighted by atomic mass is 19.1. The molecule has 0 fully saturated rings. The Morgan fingerprint density at radius 1 is 1.11 bits per heavy atom. The summed E-state index contributed by atoms with van der Waals surface area (Å²) in [6.45, 7) is 3.32. The first-order valence-electron chi connectivity index (χ1n) is 8.61. The van der Waals surface area contributed by atoms with E-state index in [0.29, 0.717) is 17.9 Å². The summed E-state index contributed by atoms with van der Waals surface area (Å²) in [7, 11) is 0. The van der Waals surface area contributed by atoms with Crippen molar-refractivity contribution in [1.29, 1.82) is 0 Å². The van der Waals surface area contributed by atoms with Crippen LogP contribution in [-0.2, 0) is 16.1 Å². The number of likely N-dealkylation sites (N-methyl/N-ethyl adjacent to an activating group) is 1. The molecule has 0 aromatic heterocycles. The first-order valence-corrected chi connectivity index (χ1v) is 8.61. The number of ether oxygens (including phenoxy) is 1. The summed E-state index contributed by atoms with van der Waals surface area (Å²) in [5.41, 5.74) is 0.295. The van der Waals surface area contributed by atoms with E-state index in [9.17, 15) is 18.4 Å². The second-order valence-corrected chi connectivity index (χ2v) is 5.93. The lowest BCUT2D eigenvalue weighted by Gasteiger charge is -2.28. The first kappa shape index (κ1) is 20.4. The summed E-state index contributed by atoms with van der Waals surface area (Å²) in [4.78, 5) is 26.1. The number of amides is 2. The molecule has 1 N–H and O–H groups in total. The van der Waals surface area contributed by atoms with Crippen LogP contribution in [0.15, 0.2) is 48.5 Å². The Bertz CT molecular complexity index is 781. The zero-order chi connectivity index (χ0) is 19.8. The topological polar surface area (TPSA) is 58.6 Å². The number of halogens is 2. The molecule has 27 heavy (non-hydrogen) atoms. The van der Waals surface area contributed by atoms with Crippen molar-refractivity contribution in [2.75, 3.05) is 13.2 Å². The maximum absolute atomic E-state index is 14.0. The molecule has 0 aliphatic heterocycles. The third-order valence-corrected chi connectivity index (χ3v) is 3.99. The predicted molar refractivity (Wildman–Crippen MR) is 97.0 cm³/mol. The van der Waals surface area contributed by atoms with Gasteiger partial charge in [-0.15, -0.1) is 0 Å². The second kappa shape index (κ2) is 9.66. The Kier molecular flexibility index (Phi) is 7.28. The molecule has 2 rings (SSSR count). The Labute approximate surface area is 156 Å². The lowest BCUT2D eigenvalue weighted by molar-refractivity contribution is -0.142. The van der Waals surface area contributed by atoms with Gasteiger partial charge in [0, 0.05) is 18.7 Å². The van der Waals surface area contributed by atoms with E-state index in [2.05, 4.69) is 5.32 Å². The number of carbonyl (C=O) groups excluding carboxylic acids is 2. The monoisotopic (exact) mass is 376 g/mol. The molecular weight excluding hydrogens is 354 g/mol. The Morgan fingerprint density at radius 3 is 2.41 bits per heavy atom. The number of hydrogen-bond acceptors (Lipinski definition) is 3. The quantitative estimate of drug-likeness (QED) is 0.771. The summed E-state index contributed by atoms with van der Waals surface area (Å²) in [5, 5.41) is 2.65. The van der Waals surface area contributed by atoms with Crippen LogP contribution in [0.4, 0.5) is 8.78 Å². The van der Waals surface area contributed by atoms with Gasteiger partial charge in [-0.25, -0.2) is 8.78 Å². The third-order valence-electron chi connectivity index (χ3n) is 3.99. The standard InChI is InChI=1S/C20H22F2N2O3/c1-3-23-20(26)14(2)24(12-15-6-4-5-7-18(15)22)19(25)13-27-17-10-8-16(21)9-11-17/h4-11,14H,3,12-13H2,1-2H3,(H,23,26). The molecular formula is C20H22F2N2O3. The van der Waals surface area contributed by atoms with Gasteiger partial charge < -0.3 is 15.0 Å². The van der Waals surface area contributed by atoms with Crippen LogP contribution in [-0.4, -0.2) is 35.9 Å². The van der Waals surface area contributed by atoms with E-state index < -0.39 is 23.6 Å². The van der Waals surface area contributed by atoms with Crippen LogP contribution in [0.2, 0.25) is 0 Å². The molecule has 0 spiro atoms. The number of nitrogens with one attached hydrogen (secondary N) is 1. The van der Waals surface area contributed by atoms with E-state index >= 15 is 0 Å². The second-order valence-electron chi connectivity index (χ2n) is 5.93. The fourth-order valence-electron chi connectivity index (χ4n) is 2.47. The summed E-state index contributed by atoms with van der Waals surface area (Å²) in [6, 6.07) is 10.5. The minimum absolute atomic E-state index is 0.0728. The lowest BCUT2D eigenvalue weighted by Crippen LogP contribution is -2.49. The molecule has 7 heteroatoms. The van der Waals surface area contributed by atoms with Gasteiger partial charge >= 0.3 is 0 Å². The highest BCUT2D eigenvalue weighted by Crippen LogP contribution is 2.15. The van der Waals surface area contributed by atoms with Gasteiger partial charge in [0.05, 0.1) is 0 Å². The number of carbonyl (C=O) groups is 2. The molecule has 1 atom stereocenters. The van der Waals surface area contributed by atoms with Gasteiger partial charge in [0.25, 0.3) is 5.91 Å². The van der Waals surface area contributed by atoms with Crippen LogP contribution in [0.25, 0.3) is 0 Å². The van der Waals surface area contributed by atoms with E-state index in [4.69, 9.17) is 4.74 Å². The lowest BCUT2D eigenvalue weighted by atomic mass is 10.1. The molecule has 0 saturated carbocycles. The van der Waals surface area contributed by atoms with Gasteiger partial charge in [-0.2, -0.15) is 0 Å². The summed E-state index contributed by atoms with van der Waals surface area (Å²) < 4.78 is 32.3. The van der Waals surface area contributed by atoms with Crippen LogP contribution in [0, 0.1) is 11.6 Å². The van der Waals surface area contributed by atoms with E-state index in [1.807, 2.05) is 0 Å². The van der Waals surface area contributed by atoms with E-state index in [1.54, 1.807) is 32.0 Å². The van der Waals surface area contributed by atoms with Crippen LogP contribution in [0.5, 0.6) is 5.75 Å². The summed E-state index contributed by atoms with van der Waals surface area (Å²) in [5.74, 6) is -1.39. The van der Waals surface area contributed by atoms with Crippen molar-refractivity contribution in [3.63, 3.8) is 0 Å². The van der Waals surface area contributed by atoms with Gasteiger partial charge in [0.15, 0.2) is 6.61 Å². The third kappa shape index (κ3) is 5.77. The highest BCUT2D eigenvalue weighted by molar-refractivity contribution is 5.87. The van der Waals surface area contributed by atoms with Gasteiger partial charge in [-0.05, 0) is 44.2 Å². The van der Waals surface area contributed by atoms with Gasteiger partial charge in [-0.3, -0.25) is 9.59 Å². The molecule has 0 heterocycles. The van der Waals surface area contributed by atoms with Crippen LogP contribution in [0.3, 0.4) is 0 Å². The average Bonchev–Trinajstić information content (AvgIpc) is 2.66. The van der Waals surface area contributed by atoms with E-state index in [1.165, 1.54) is 35.2 Å². The van der Waals surface area contributed by atoms with Crippen molar-refractivity contribution in [3.8, 4) is 5.75 Å². The van der Waals surface area contributed by atoms with Crippen molar-refractivity contribution < 1.29 is 23.1 Å². The predicted octanol–water partition coefficient (Wildman–Crippen LogP) is 2.90. The van der Waals surface area contributed by atoms with Gasteiger partial charge in [0.1, 0.15) is 23.4 Å². The summed E-state index contributed by atoms with van der Waals surface area (Å²) in [6.07, 6.45) is 0. The molecule has 0 aliphatic rings. The maximum Gasteiger partial charge on any atom is 0.261 e. The van der Waals surface area contributed by atoms with Crippen molar-refractivity contribution >= 4 is 11.8 Å². The van der Waals surface area contributed by atoms with Crippen molar-refractivity contribution in [3.05, 3.63) is 65.7 Å². The zero-order valence-corrected chi connectivity index (χ0v) is 15.2. The first-order chi connectivity index (χ1) is 12.9. The van der Waals surface area contributed by atoms with E-state index in [-0.39, 0.29) is 19.1 Å². The fraction of sp³-hybridized carbons (Fsp3) is 0.300. The molecule has 144 valence electrons. The van der Waals surface area contributed by atoms with Crippen molar-refractivity contribution in [1.82, 2.24) is 10.2 Å². The number of rotatable bonds is 8. The average molecular weight is 376 g/mol. The van der Waals surface area contributed by atoms with Crippen LogP contribution < -0.4 is 10.1 Å². The Balaban J connectivity index is 2.14. The summed E-state index contributed by atoms with van der Waals surface area (Å²) >= 11 is 0. The molecule has 2 aromatic rings. The molecule has 2 aromatic carbocycles. The smallest absolute Gasteiger partial charge is 0.261 e. The van der Waals surface area contributed by atoms with Crippen LogP contribution >= 0.6 is 0 Å². The largest absolute Gasteiger partial charge is 0.484 e. The number of hydrogen-bond donors (Lipinski definition) is 1. The minimum atomic E-state index is -0.811. The molecule has 0 aliphatic carbocycles. The molecule has 0 bridgehead atoms. The van der Waals surface area contributed by atoms with Gasteiger partial charge in [-0.1, -0.05) is 18.2 Å². The van der Waals surface area contributed by atoms with E-state index in [0.717, 1.165) is 0 Å². The van der Waals surface area contributed by atoms with Gasteiger partial charge in [0.2, 0.25) is 5.91 Å². The van der Waals surface area contributed by atoms with Crippen molar-refractivity contribution in [2.45, 2.75) is 26.4 Å². The van der Waals surface area contributed by atoms with Crippen molar-refractivity contribution in [2.24, 2.45) is 0 Å². The SMILES string of the molecule is CCNC(=O)C(C)N(Cc1ccccc1F)C(=O)COc1ccc(F)cc1. The Morgan fingerprint density at radius 2 is 1.78 bits per heavy atom. The number of nitrogens with zero attached hydrogens (tertiary/aromatic N) is 1. The fourth-order valence-corrected chi connectivity index (χ4v) is 2.47. The Hall–Kier alpha value is -2.96. The molecule has 5 nitrogen and oxygen atoms in total. The normalized spacial score (nSPS) is 11.6. The molecule has 0 radical (unpaired) electrons.